The minimum Gasteiger partial charge on any atom is -0.354 e. The highest BCUT2D eigenvalue weighted by Gasteiger charge is 2.26. The van der Waals surface area contributed by atoms with Crippen LogP contribution in [-0.4, -0.2) is 34.8 Å². The summed E-state index contributed by atoms with van der Waals surface area (Å²) in [6.07, 6.45) is 9.16. The van der Waals surface area contributed by atoms with Crippen LogP contribution in [0, 0.1) is 5.92 Å². The highest BCUT2D eigenvalue weighted by atomic mass is 16.2. The maximum atomic E-state index is 12.2. The van der Waals surface area contributed by atoms with Crippen molar-refractivity contribution in [3.8, 4) is 0 Å². The molecule has 2 aliphatic rings. The van der Waals surface area contributed by atoms with Gasteiger partial charge in [-0.25, -0.2) is 4.68 Å². The third-order valence-corrected chi connectivity index (χ3v) is 4.76. The number of carbonyl (C=O) groups is 1. The number of rotatable bonds is 4. The molecule has 1 aliphatic carbocycles. The van der Waals surface area contributed by atoms with E-state index in [1.54, 1.807) is 19.2 Å². The largest absolute Gasteiger partial charge is 0.354 e. The van der Waals surface area contributed by atoms with Gasteiger partial charge in [-0.05, 0) is 38.2 Å². The van der Waals surface area contributed by atoms with E-state index in [9.17, 15) is 9.59 Å². The summed E-state index contributed by atoms with van der Waals surface area (Å²) in [6.45, 7) is 1.55. The fourth-order valence-corrected chi connectivity index (χ4v) is 3.35. The van der Waals surface area contributed by atoms with Gasteiger partial charge in [0.15, 0.2) is 0 Å². The van der Waals surface area contributed by atoms with Gasteiger partial charge in [0.25, 0.3) is 5.56 Å². The Balaban J connectivity index is 1.65. The van der Waals surface area contributed by atoms with Gasteiger partial charge in [-0.3, -0.25) is 9.59 Å². The van der Waals surface area contributed by atoms with E-state index in [1.165, 1.54) is 4.68 Å². The summed E-state index contributed by atoms with van der Waals surface area (Å²) in [5, 5.41) is 7.46. The van der Waals surface area contributed by atoms with Crippen LogP contribution in [0.25, 0.3) is 0 Å². The van der Waals surface area contributed by atoms with Gasteiger partial charge in [-0.1, -0.05) is 12.2 Å². The SMILES string of the molecule is Cn1nc(N2CCCCC2CNC(=O)C2CC=CC2)ccc1=O. The molecular formula is C17H24N4O2. The highest BCUT2D eigenvalue weighted by Crippen LogP contribution is 2.22. The van der Waals surface area contributed by atoms with Crippen LogP contribution in [0.4, 0.5) is 5.82 Å². The van der Waals surface area contributed by atoms with Crippen molar-refractivity contribution >= 4 is 11.7 Å². The molecule has 0 aromatic carbocycles. The Kier molecular flexibility index (Phi) is 4.79. The quantitative estimate of drug-likeness (QED) is 0.848. The molecule has 6 nitrogen and oxygen atoms in total. The van der Waals surface area contributed by atoms with Crippen molar-refractivity contribution in [2.45, 2.75) is 38.1 Å². The van der Waals surface area contributed by atoms with Crippen molar-refractivity contribution in [1.82, 2.24) is 15.1 Å². The Bertz CT molecular complexity index is 644. The first-order valence-corrected chi connectivity index (χ1v) is 8.39. The lowest BCUT2D eigenvalue weighted by Crippen LogP contribution is -2.48. The number of nitrogens with zero attached hydrogens (tertiary/aromatic N) is 3. The van der Waals surface area contributed by atoms with Gasteiger partial charge in [-0.2, -0.15) is 5.10 Å². The zero-order valence-corrected chi connectivity index (χ0v) is 13.6. The normalized spacial score (nSPS) is 21.6. The Morgan fingerprint density at radius 2 is 2.09 bits per heavy atom. The van der Waals surface area contributed by atoms with Gasteiger partial charge in [0.1, 0.15) is 5.82 Å². The monoisotopic (exact) mass is 316 g/mol. The van der Waals surface area contributed by atoms with Crippen LogP contribution in [0.2, 0.25) is 0 Å². The molecule has 1 amide bonds. The van der Waals surface area contributed by atoms with Crippen molar-refractivity contribution in [2.24, 2.45) is 13.0 Å². The molecule has 23 heavy (non-hydrogen) atoms. The number of hydrogen-bond donors (Lipinski definition) is 1. The number of anilines is 1. The third-order valence-electron chi connectivity index (χ3n) is 4.76. The van der Waals surface area contributed by atoms with Gasteiger partial charge in [0.2, 0.25) is 5.91 Å². The average Bonchev–Trinajstić information content (AvgIpc) is 3.10. The summed E-state index contributed by atoms with van der Waals surface area (Å²) in [7, 11) is 1.67. The summed E-state index contributed by atoms with van der Waals surface area (Å²) in [4.78, 5) is 25.9. The Hall–Kier alpha value is -2.11. The summed E-state index contributed by atoms with van der Waals surface area (Å²) in [6, 6.07) is 3.58. The third kappa shape index (κ3) is 3.63. The molecule has 0 radical (unpaired) electrons. The first-order valence-electron chi connectivity index (χ1n) is 8.39. The molecule has 1 N–H and O–H groups in total. The van der Waals surface area contributed by atoms with Crippen LogP contribution >= 0.6 is 0 Å². The van der Waals surface area contributed by atoms with Crippen LogP contribution in [-0.2, 0) is 11.8 Å². The second kappa shape index (κ2) is 6.98. The van der Waals surface area contributed by atoms with Crippen LogP contribution in [0.5, 0.6) is 0 Å². The van der Waals surface area contributed by atoms with E-state index >= 15 is 0 Å². The number of carbonyl (C=O) groups excluding carboxylic acids is 1. The van der Waals surface area contributed by atoms with Crippen molar-refractivity contribution in [3.63, 3.8) is 0 Å². The lowest BCUT2D eigenvalue weighted by Gasteiger charge is -2.36. The predicted molar refractivity (Wildman–Crippen MR) is 89.3 cm³/mol. The number of hydrogen-bond acceptors (Lipinski definition) is 4. The smallest absolute Gasteiger partial charge is 0.266 e. The topological polar surface area (TPSA) is 67.2 Å². The molecule has 1 aliphatic heterocycles. The van der Waals surface area contributed by atoms with Crippen LogP contribution in [0.15, 0.2) is 29.1 Å². The van der Waals surface area contributed by atoms with Gasteiger partial charge in [0, 0.05) is 38.2 Å². The number of aromatic nitrogens is 2. The number of aryl methyl sites for hydroxylation is 1. The van der Waals surface area contributed by atoms with Crippen molar-refractivity contribution in [3.05, 3.63) is 34.6 Å². The second-order valence-electron chi connectivity index (χ2n) is 6.38. The summed E-state index contributed by atoms with van der Waals surface area (Å²) in [5.41, 5.74) is -0.107. The highest BCUT2D eigenvalue weighted by molar-refractivity contribution is 5.79. The Morgan fingerprint density at radius 3 is 2.83 bits per heavy atom. The predicted octanol–water partition coefficient (Wildman–Crippen LogP) is 1.22. The van der Waals surface area contributed by atoms with E-state index in [0.717, 1.165) is 44.5 Å². The number of allylic oxidation sites excluding steroid dienone is 2. The van der Waals surface area contributed by atoms with E-state index in [0.29, 0.717) is 6.54 Å². The zero-order valence-electron chi connectivity index (χ0n) is 13.6. The molecule has 1 aromatic heterocycles. The Labute approximate surface area is 136 Å². The molecule has 0 bridgehead atoms. The molecule has 2 heterocycles. The van der Waals surface area contributed by atoms with E-state index in [2.05, 4.69) is 27.5 Å². The molecular weight excluding hydrogens is 292 g/mol. The average molecular weight is 316 g/mol. The maximum absolute atomic E-state index is 12.2. The van der Waals surface area contributed by atoms with Gasteiger partial charge in [0.05, 0.1) is 0 Å². The van der Waals surface area contributed by atoms with Crippen LogP contribution in [0.3, 0.4) is 0 Å². The molecule has 6 heteroatoms. The molecule has 1 saturated heterocycles. The molecule has 1 fully saturated rings. The molecule has 1 unspecified atom stereocenters. The fourth-order valence-electron chi connectivity index (χ4n) is 3.35. The van der Waals surface area contributed by atoms with Crippen molar-refractivity contribution in [1.29, 1.82) is 0 Å². The number of amides is 1. The van der Waals surface area contributed by atoms with Crippen LogP contribution < -0.4 is 15.8 Å². The molecule has 3 rings (SSSR count). The standard InChI is InChI=1S/C17H24N4O2/c1-20-16(22)10-9-15(19-20)21-11-5-4-8-14(21)12-18-17(23)13-6-2-3-7-13/h2-3,9-10,13-14H,4-8,11-12H2,1H3,(H,18,23). The van der Waals surface area contributed by atoms with E-state index in [1.807, 2.05) is 0 Å². The van der Waals surface area contributed by atoms with Crippen molar-refractivity contribution in [2.75, 3.05) is 18.0 Å². The minimum absolute atomic E-state index is 0.0997. The molecule has 124 valence electrons. The van der Waals surface area contributed by atoms with Gasteiger partial charge < -0.3 is 10.2 Å². The Morgan fingerprint density at radius 1 is 1.30 bits per heavy atom. The lowest BCUT2D eigenvalue weighted by molar-refractivity contribution is -0.124. The first kappa shape index (κ1) is 15.8. The van der Waals surface area contributed by atoms with Crippen molar-refractivity contribution < 1.29 is 4.79 Å². The molecule has 1 aromatic rings. The first-order chi connectivity index (χ1) is 11.1. The van der Waals surface area contributed by atoms with Gasteiger partial charge >= 0.3 is 0 Å². The van der Waals surface area contributed by atoms with E-state index in [4.69, 9.17) is 0 Å². The molecule has 1 atom stereocenters. The number of nitrogens with one attached hydrogen (secondary N) is 1. The molecule has 0 saturated carbocycles. The minimum atomic E-state index is -0.107. The maximum Gasteiger partial charge on any atom is 0.266 e. The fraction of sp³-hybridized carbons (Fsp3) is 0.588. The number of piperidine rings is 1. The zero-order chi connectivity index (χ0) is 16.2. The second-order valence-corrected chi connectivity index (χ2v) is 6.38. The van der Waals surface area contributed by atoms with Gasteiger partial charge in [-0.15, -0.1) is 0 Å². The van der Waals surface area contributed by atoms with Crippen LogP contribution in [0.1, 0.15) is 32.1 Å². The summed E-state index contributed by atoms with van der Waals surface area (Å²) in [5.74, 6) is 1.06. The van der Waals surface area contributed by atoms with E-state index in [-0.39, 0.29) is 23.4 Å². The summed E-state index contributed by atoms with van der Waals surface area (Å²) >= 11 is 0. The van der Waals surface area contributed by atoms with E-state index < -0.39 is 0 Å². The lowest BCUT2D eigenvalue weighted by atomic mass is 10.0. The summed E-state index contributed by atoms with van der Waals surface area (Å²) < 4.78 is 1.36. The molecule has 0 spiro atoms.